The number of carbonyl (C=O) groups excluding carboxylic acids is 1. The van der Waals surface area contributed by atoms with Gasteiger partial charge in [-0.15, -0.1) is 0 Å². The van der Waals surface area contributed by atoms with Crippen molar-refractivity contribution < 1.29 is 9.53 Å². The molecule has 0 radical (unpaired) electrons. The number of nitrogens with zero attached hydrogens (tertiary/aromatic N) is 3. The van der Waals surface area contributed by atoms with E-state index in [9.17, 15) is 4.79 Å². The molecule has 0 atom stereocenters. The van der Waals surface area contributed by atoms with Gasteiger partial charge >= 0.3 is 0 Å². The van der Waals surface area contributed by atoms with Gasteiger partial charge in [-0.05, 0) is 78.8 Å². The van der Waals surface area contributed by atoms with Crippen molar-refractivity contribution in [3.63, 3.8) is 0 Å². The van der Waals surface area contributed by atoms with Crippen LogP contribution in [-0.2, 0) is 24.2 Å². The lowest BCUT2D eigenvalue weighted by Gasteiger charge is -2.45. The van der Waals surface area contributed by atoms with Crippen molar-refractivity contribution in [1.82, 2.24) is 14.8 Å². The largest absolute Gasteiger partial charge is 0.492 e. The van der Waals surface area contributed by atoms with E-state index >= 15 is 0 Å². The average molecular weight is 546 g/mol. The van der Waals surface area contributed by atoms with Crippen LogP contribution in [0.25, 0.3) is 0 Å². The highest BCUT2D eigenvalue weighted by molar-refractivity contribution is 6.31. The topological polar surface area (TPSA) is 45.7 Å². The fraction of sp³-hybridized carbons (Fsp3) is 0.455. The van der Waals surface area contributed by atoms with Crippen molar-refractivity contribution in [2.24, 2.45) is 5.41 Å². The Kier molecular flexibility index (Phi) is 9.54. The number of carbonyl (C=O) groups is 1. The fourth-order valence-electron chi connectivity index (χ4n) is 6.21. The van der Waals surface area contributed by atoms with Crippen LogP contribution in [0.4, 0.5) is 0 Å². The molecule has 1 aromatic heterocycles. The zero-order valence-corrected chi connectivity index (χ0v) is 23.6. The van der Waals surface area contributed by atoms with Crippen molar-refractivity contribution in [3.05, 3.63) is 94.8 Å². The van der Waals surface area contributed by atoms with Crippen molar-refractivity contribution >= 4 is 17.5 Å². The number of pyridine rings is 1. The summed E-state index contributed by atoms with van der Waals surface area (Å²) in [6, 6.07) is 20.5. The van der Waals surface area contributed by atoms with E-state index in [0.29, 0.717) is 19.4 Å². The normalized spacial score (nSPS) is 18.4. The number of halogens is 1. The molecular weight excluding hydrogens is 506 g/mol. The molecule has 0 saturated carbocycles. The van der Waals surface area contributed by atoms with Crippen LogP contribution in [0.15, 0.2) is 73.1 Å². The molecule has 3 heterocycles. The summed E-state index contributed by atoms with van der Waals surface area (Å²) in [6.45, 7) is 5.09. The van der Waals surface area contributed by atoms with Crippen LogP contribution in [0.5, 0.6) is 5.75 Å². The Hall–Kier alpha value is -2.89. The predicted molar refractivity (Wildman–Crippen MR) is 157 cm³/mol. The molecule has 0 aliphatic carbocycles. The minimum Gasteiger partial charge on any atom is -0.492 e. The second-order valence-electron chi connectivity index (χ2n) is 11.2. The zero-order chi connectivity index (χ0) is 26.9. The number of para-hydroxylation sites is 1. The molecule has 0 bridgehead atoms. The average Bonchev–Trinajstić information content (AvgIpc) is 2.96. The molecule has 0 N–H and O–H groups in total. The number of likely N-dealkylation sites (tertiary alicyclic amines) is 1. The highest BCUT2D eigenvalue weighted by Gasteiger charge is 2.37. The number of aryl methyl sites for hydroxylation is 2. The molecule has 0 unspecified atom stereocenters. The number of benzene rings is 2. The summed E-state index contributed by atoms with van der Waals surface area (Å²) in [5.74, 6) is 1.27. The monoisotopic (exact) mass is 545 g/mol. The molecule has 2 aliphatic heterocycles. The number of piperidine rings is 1. The van der Waals surface area contributed by atoms with Crippen molar-refractivity contribution in [3.8, 4) is 5.75 Å². The maximum Gasteiger partial charge on any atom is 0.222 e. The van der Waals surface area contributed by atoms with Crippen molar-refractivity contribution in [2.45, 2.75) is 57.9 Å². The molecule has 1 amide bonds. The lowest BCUT2D eigenvalue weighted by atomic mass is 9.73. The Bertz CT molecular complexity index is 1210. The second kappa shape index (κ2) is 13.5. The molecule has 6 heteroatoms. The highest BCUT2D eigenvalue weighted by atomic mass is 35.5. The van der Waals surface area contributed by atoms with Crippen LogP contribution in [0.2, 0.25) is 5.02 Å². The van der Waals surface area contributed by atoms with E-state index in [0.717, 1.165) is 74.7 Å². The third-order valence-electron chi connectivity index (χ3n) is 8.47. The van der Waals surface area contributed by atoms with Crippen LogP contribution >= 0.6 is 11.6 Å². The second-order valence-corrected chi connectivity index (χ2v) is 11.6. The first kappa shape index (κ1) is 27.7. The Morgan fingerprint density at radius 1 is 0.949 bits per heavy atom. The van der Waals surface area contributed by atoms with Gasteiger partial charge in [0.1, 0.15) is 12.4 Å². The van der Waals surface area contributed by atoms with Crippen LogP contribution in [-0.4, -0.2) is 53.5 Å². The molecule has 2 aromatic carbocycles. The minimum atomic E-state index is 0.209. The number of hydrogen-bond acceptors (Lipinski definition) is 4. The zero-order valence-electron chi connectivity index (χ0n) is 22.9. The molecule has 1 fully saturated rings. The predicted octanol–water partition coefficient (Wildman–Crippen LogP) is 6.58. The first-order valence-electron chi connectivity index (χ1n) is 14.4. The smallest absolute Gasteiger partial charge is 0.222 e. The lowest BCUT2D eigenvalue weighted by molar-refractivity contribution is -0.133. The third kappa shape index (κ3) is 7.61. The third-order valence-corrected chi connectivity index (χ3v) is 8.84. The Balaban J connectivity index is 1.26. The van der Waals surface area contributed by atoms with Gasteiger partial charge in [0.05, 0.1) is 0 Å². The van der Waals surface area contributed by atoms with E-state index in [-0.39, 0.29) is 11.3 Å². The quantitative estimate of drug-likeness (QED) is 0.363. The summed E-state index contributed by atoms with van der Waals surface area (Å²) in [4.78, 5) is 22.1. The highest BCUT2D eigenvalue weighted by Crippen LogP contribution is 2.39. The van der Waals surface area contributed by atoms with E-state index in [2.05, 4.69) is 45.1 Å². The van der Waals surface area contributed by atoms with Crippen molar-refractivity contribution in [2.75, 3.05) is 32.8 Å². The van der Waals surface area contributed by atoms with E-state index in [1.54, 1.807) is 0 Å². The molecule has 3 aromatic rings. The first-order chi connectivity index (χ1) is 19.1. The summed E-state index contributed by atoms with van der Waals surface area (Å²) in [6.07, 6.45) is 11.7. The summed E-state index contributed by atoms with van der Waals surface area (Å²) in [5.41, 5.74) is 3.80. The Labute approximate surface area is 238 Å². The molecular formula is C33H40ClN3O2. The maximum atomic E-state index is 13.1. The SMILES string of the molecule is O=C(CCc1ccccc1Cl)N1CCC2(CCCCc3ccccc3OCCN(Cc3cccnc3)C2)CC1. The summed E-state index contributed by atoms with van der Waals surface area (Å²) in [7, 11) is 0. The lowest BCUT2D eigenvalue weighted by Crippen LogP contribution is -2.48. The van der Waals surface area contributed by atoms with Gasteiger partial charge in [0.2, 0.25) is 5.91 Å². The number of hydrogen-bond donors (Lipinski definition) is 0. The van der Waals surface area contributed by atoms with Gasteiger partial charge < -0.3 is 9.64 Å². The molecule has 5 nitrogen and oxygen atoms in total. The summed E-state index contributed by atoms with van der Waals surface area (Å²) in [5, 5.41) is 0.747. The van der Waals surface area contributed by atoms with E-state index in [4.69, 9.17) is 16.3 Å². The standard InChI is InChI=1S/C33H40ClN3O2/c34-30-12-3-1-9-28(30)14-15-32(38)37-20-17-33(18-21-37)16-6-5-11-29-10-2-4-13-31(29)39-23-22-36(26-33)25-27-8-7-19-35-24-27/h1-4,7-10,12-13,19,24H,5-6,11,14-18,20-23,25-26H2. The van der Waals surface area contributed by atoms with Gasteiger partial charge in [0.15, 0.2) is 0 Å². The minimum absolute atomic E-state index is 0.209. The Morgan fingerprint density at radius 3 is 2.59 bits per heavy atom. The number of amides is 1. The van der Waals surface area contributed by atoms with Gasteiger partial charge in [0.25, 0.3) is 0 Å². The number of aromatic nitrogens is 1. The number of rotatable bonds is 5. The van der Waals surface area contributed by atoms with Gasteiger partial charge in [-0.2, -0.15) is 0 Å². The van der Waals surface area contributed by atoms with Gasteiger partial charge in [-0.1, -0.05) is 60.5 Å². The van der Waals surface area contributed by atoms with Gasteiger partial charge in [0, 0.05) is 56.6 Å². The molecule has 2 aliphatic rings. The van der Waals surface area contributed by atoms with E-state index in [1.807, 2.05) is 42.7 Å². The first-order valence-corrected chi connectivity index (χ1v) is 14.8. The van der Waals surface area contributed by atoms with Crippen LogP contribution < -0.4 is 4.74 Å². The van der Waals surface area contributed by atoms with Crippen LogP contribution in [0, 0.1) is 5.41 Å². The number of ether oxygens (including phenoxy) is 1. The Morgan fingerprint density at radius 2 is 1.77 bits per heavy atom. The van der Waals surface area contributed by atoms with Gasteiger partial charge in [-0.3, -0.25) is 14.7 Å². The molecule has 39 heavy (non-hydrogen) atoms. The van der Waals surface area contributed by atoms with E-state index < -0.39 is 0 Å². The molecule has 5 rings (SSSR count). The number of fused-ring (bicyclic) bond motifs is 1. The molecule has 1 spiro atoms. The van der Waals surface area contributed by atoms with E-state index in [1.165, 1.54) is 24.0 Å². The van der Waals surface area contributed by atoms with Crippen molar-refractivity contribution in [1.29, 1.82) is 0 Å². The fourth-order valence-corrected chi connectivity index (χ4v) is 6.44. The van der Waals surface area contributed by atoms with Gasteiger partial charge in [-0.25, -0.2) is 0 Å². The summed E-state index contributed by atoms with van der Waals surface area (Å²) >= 11 is 6.32. The molecule has 1 saturated heterocycles. The van der Waals surface area contributed by atoms with Crippen LogP contribution in [0.3, 0.4) is 0 Å². The van der Waals surface area contributed by atoms with Crippen LogP contribution in [0.1, 0.15) is 55.2 Å². The maximum absolute atomic E-state index is 13.1. The molecule has 206 valence electrons. The summed E-state index contributed by atoms with van der Waals surface area (Å²) < 4.78 is 6.30.